The number of nitrogens with zero attached hydrogens (tertiary/aromatic N) is 3. The Labute approximate surface area is 137 Å². The standard InChI is InChI=1S/C17H24N6/c1-18-14-5-3-13(4-6-14)10-20-17-9-16(11-21-22-17)23-8-7-15(12-23)19-2/h3-6,9,11,15,18-19H,7-8,10,12H2,1-2H3,(H,20,22)/t15-/m1/s1. The lowest BCUT2D eigenvalue weighted by Gasteiger charge is -2.18. The smallest absolute Gasteiger partial charge is 0.150 e. The molecule has 2 heterocycles. The van der Waals surface area contributed by atoms with Crippen LogP contribution in [0.1, 0.15) is 12.0 Å². The van der Waals surface area contributed by atoms with Crippen molar-refractivity contribution in [1.29, 1.82) is 0 Å². The first kappa shape index (κ1) is 15.6. The summed E-state index contributed by atoms with van der Waals surface area (Å²) in [7, 11) is 3.94. The van der Waals surface area contributed by atoms with Crippen molar-refractivity contribution in [3.63, 3.8) is 0 Å². The van der Waals surface area contributed by atoms with Crippen molar-refractivity contribution < 1.29 is 0 Å². The topological polar surface area (TPSA) is 65.1 Å². The highest BCUT2D eigenvalue weighted by molar-refractivity contribution is 5.53. The fourth-order valence-electron chi connectivity index (χ4n) is 2.83. The molecule has 1 aromatic carbocycles. The third-order valence-corrected chi connectivity index (χ3v) is 4.32. The zero-order chi connectivity index (χ0) is 16.1. The summed E-state index contributed by atoms with van der Waals surface area (Å²) in [6.07, 6.45) is 3.00. The van der Waals surface area contributed by atoms with Crippen molar-refractivity contribution in [3.8, 4) is 0 Å². The van der Waals surface area contributed by atoms with Crippen LogP contribution in [-0.4, -0.2) is 43.4 Å². The lowest BCUT2D eigenvalue weighted by atomic mass is 10.2. The maximum Gasteiger partial charge on any atom is 0.150 e. The first-order valence-electron chi connectivity index (χ1n) is 8.04. The summed E-state index contributed by atoms with van der Waals surface area (Å²) >= 11 is 0. The van der Waals surface area contributed by atoms with Gasteiger partial charge in [-0.25, -0.2) is 0 Å². The Bertz CT molecular complexity index is 627. The minimum absolute atomic E-state index is 0.560. The van der Waals surface area contributed by atoms with Gasteiger partial charge in [0.1, 0.15) is 0 Å². The average molecular weight is 312 g/mol. The highest BCUT2D eigenvalue weighted by Crippen LogP contribution is 2.21. The summed E-state index contributed by atoms with van der Waals surface area (Å²) in [5.41, 5.74) is 3.46. The molecule has 3 rings (SSSR count). The second-order valence-corrected chi connectivity index (χ2v) is 5.82. The fourth-order valence-corrected chi connectivity index (χ4v) is 2.83. The summed E-state index contributed by atoms with van der Waals surface area (Å²) in [4.78, 5) is 2.35. The van der Waals surface area contributed by atoms with Gasteiger partial charge in [0, 0.05) is 44.5 Å². The second-order valence-electron chi connectivity index (χ2n) is 5.82. The van der Waals surface area contributed by atoms with Crippen molar-refractivity contribution >= 4 is 17.2 Å². The molecule has 1 aromatic heterocycles. The van der Waals surface area contributed by atoms with E-state index >= 15 is 0 Å². The molecule has 6 nitrogen and oxygen atoms in total. The maximum atomic E-state index is 4.18. The molecule has 0 unspecified atom stereocenters. The summed E-state index contributed by atoms with van der Waals surface area (Å²) in [5, 5.41) is 18.1. The molecule has 6 heteroatoms. The molecule has 2 aromatic rings. The molecule has 0 saturated carbocycles. The average Bonchev–Trinajstić information content (AvgIpc) is 3.10. The predicted octanol–water partition coefficient (Wildman–Crippen LogP) is 1.93. The summed E-state index contributed by atoms with van der Waals surface area (Å²) in [5.74, 6) is 0.813. The largest absolute Gasteiger partial charge is 0.388 e. The van der Waals surface area contributed by atoms with E-state index in [4.69, 9.17) is 0 Å². The first-order chi connectivity index (χ1) is 11.3. The van der Waals surface area contributed by atoms with Crippen LogP contribution in [0.3, 0.4) is 0 Å². The summed E-state index contributed by atoms with van der Waals surface area (Å²) in [6.45, 7) is 2.82. The van der Waals surface area contributed by atoms with E-state index in [2.05, 4.69) is 61.4 Å². The first-order valence-corrected chi connectivity index (χ1v) is 8.04. The number of benzene rings is 1. The summed E-state index contributed by atoms with van der Waals surface area (Å²) < 4.78 is 0. The molecular weight excluding hydrogens is 288 g/mol. The van der Waals surface area contributed by atoms with Crippen LogP contribution < -0.4 is 20.9 Å². The Kier molecular flexibility index (Phi) is 4.92. The van der Waals surface area contributed by atoms with Gasteiger partial charge in [-0.1, -0.05) is 12.1 Å². The van der Waals surface area contributed by atoms with Gasteiger partial charge < -0.3 is 20.9 Å². The third kappa shape index (κ3) is 3.90. The maximum absolute atomic E-state index is 4.18. The molecule has 1 aliphatic heterocycles. The van der Waals surface area contributed by atoms with Gasteiger partial charge in [-0.15, -0.1) is 5.10 Å². The van der Waals surface area contributed by atoms with E-state index in [1.807, 2.05) is 20.3 Å². The van der Waals surface area contributed by atoms with Crippen molar-refractivity contribution in [3.05, 3.63) is 42.1 Å². The number of aromatic nitrogens is 2. The molecule has 1 fully saturated rings. The second kappa shape index (κ2) is 7.28. The highest BCUT2D eigenvalue weighted by atomic mass is 15.2. The minimum Gasteiger partial charge on any atom is -0.388 e. The van der Waals surface area contributed by atoms with Crippen LogP contribution in [0.4, 0.5) is 17.2 Å². The van der Waals surface area contributed by atoms with E-state index in [0.717, 1.165) is 36.8 Å². The number of hydrogen-bond donors (Lipinski definition) is 3. The molecule has 0 aliphatic carbocycles. The molecule has 1 atom stereocenters. The number of nitrogens with one attached hydrogen (secondary N) is 3. The molecule has 0 bridgehead atoms. The van der Waals surface area contributed by atoms with Crippen LogP contribution in [0.15, 0.2) is 36.5 Å². The number of likely N-dealkylation sites (N-methyl/N-ethyl adjacent to an activating group) is 1. The van der Waals surface area contributed by atoms with Crippen molar-refractivity contribution in [2.24, 2.45) is 0 Å². The van der Waals surface area contributed by atoms with Crippen LogP contribution in [0, 0.1) is 0 Å². The lowest BCUT2D eigenvalue weighted by Crippen LogP contribution is -2.29. The summed E-state index contributed by atoms with van der Waals surface area (Å²) in [6, 6.07) is 11.0. The molecule has 3 N–H and O–H groups in total. The van der Waals surface area contributed by atoms with Crippen LogP contribution in [0.25, 0.3) is 0 Å². The molecule has 1 aliphatic rings. The molecule has 122 valence electrons. The zero-order valence-electron chi connectivity index (χ0n) is 13.7. The van der Waals surface area contributed by atoms with E-state index in [-0.39, 0.29) is 0 Å². The Morgan fingerprint density at radius 3 is 2.74 bits per heavy atom. The normalized spacial score (nSPS) is 17.3. The van der Waals surface area contributed by atoms with Crippen LogP contribution in [-0.2, 0) is 6.54 Å². The monoisotopic (exact) mass is 312 g/mol. The molecule has 0 spiro atoms. The van der Waals surface area contributed by atoms with Crippen LogP contribution in [0.2, 0.25) is 0 Å². The Balaban J connectivity index is 1.61. The van der Waals surface area contributed by atoms with Gasteiger partial charge in [0.15, 0.2) is 5.82 Å². The van der Waals surface area contributed by atoms with Gasteiger partial charge in [-0.05, 0) is 31.2 Å². The van der Waals surface area contributed by atoms with Crippen molar-refractivity contribution in [2.75, 3.05) is 42.7 Å². The van der Waals surface area contributed by atoms with E-state index < -0.39 is 0 Å². The Hall–Kier alpha value is -2.34. The SMILES string of the molecule is CNc1ccc(CNc2cc(N3CC[C@@H](NC)C3)cnn2)cc1. The van der Waals surface area contributed by atoms with Gasteiger partial charge in [0.25, 0.3) is 0 Å². The Morgan fingerprint density at radius 1 is 1.22 bits per heavy atom. The highest BCUT2D eigenvalue weighted by Gasteiger charge is 2.21. The molecule has 1 saturated heterocycles. The Morgan fingerprint density at radius 2 is 2.04 bits per heavy atom. The molecule has 0 radical (unpaired) electrons. The number of rotatable bonds is 6. The van der Waals surface area contributed by atoms with Gasteiger partial charge in [0.2, 0.25) is 0 Å². The number of hydrogen-bond acceptors (Lipinski definition) is 6. The van der Waals surface area contributed by atoms with E-state index in [9.17, 15) is 0 Å². The minimum atomic E-state index is 0.560. The third-order valence-electron chi connectivity index (χ3n) is 4.32. The van der Waals surface area contributed by atoms with Crippen molar-refractivity contribution in [1.82, 2.24) is 15.5 Å². The molecular formula is C17H24N6. The fraction of sp³-hybridized carbons (Fsp3) is 0.412. The van der Waals surface area contributed by atoms with Crippen molar-refractivity contribution in [2.45, 2.75) is 19.0 Å². The van der Waals surface area contributed by atoms with Gasteiger partial charge in [-0.3, -0.25) is 0 Å². The van der Waals surface area contributed by atoms with Crippen LogP contribution in [0.5, 0.6) is 0 Å². The van der Waals surface area contributed by atoms with Gasteiger partial charge in [0.05, 0.1) is 11.9 Å². The zero-order valence-corrected chi connectivity index (χ0v) is 13.7. The lowest BCUT2D eigenvalue weighted by molar-refractivity contribution is 0.617. The quantitative estimate of drug-likeness (QED) is 0.757. The van der Waals surface area contributed by atoms with Gasteiger partial charge in [-0.2, -0.15) is 5.10 Å². The molecule has 23 heavy (non-hydrogen) atoms. The number of anilines is 3. The van der Waals surface area contributed by atoms with Crippen LogP contribution >= 0.6 is 0 Å². The predicted molar refractivity (Wildman–Crippen MR) is 95.0 cm³/mol. The van der Waals surface area contributed by atoms with E-state index in [1.54, 1.807) is 0 Å². The van der Waals surface area contributed by atoms with E-state index in [0.29, 0.717) is 6.04 Å². The van der Waals surface area contributed by atoms with E-state index in [1.165, 1.54) is 12.0 Å². The molecule has 0 amide bonds. The van der Waals surface area contributed by atoms with Gasteiger partial charge >= 0.3 is 0 Å².